The van der Waals surface area contributed by atoms with E-state index >= 15 is 0 Å². The van der Waals surface area contributed by atoms with Crippen molar-refractivity contribution in [2.24, 2.45) is 0 Å². The molecule has 30 heavy (non-hydrogen) atoms. The lowest BCUT2D eigenvalue weighted by Crippen LogP contribution is -2.35. The summed E-state index contributed by atoms with van der Waals surface area (Å²) >= 11 is 0. The number of carbonyl (C=O) groups is 1. The molecule has 1 fully saturated rings. The highest BCUT2D eigenvalue weighted by atomic mass is 16.4. The normalized spacial score (nSPS) is 15.3. The van der Waals surface area contributed by atoms with Crippen molar-refractivity contribution in [2.45, 2.75) is 39.0 Å². The first-order valence-electron chi connectivity index (χ1n) is 10.4. The van der Waals surface area contributed by atoms with E-state index in [1.165, 1.54) is 5.56 Å². The maximum absolute atomic E-state index is 12.6. The Bertz CT molecular complexity index is 975. The Hall–Kier alpha value is -2.96. The van der Waals surface area contributed by atoms with Gasteiger partial charge in [0, 0.05) is 31.7 Å². The van der Waals surface area contributed by atoms with E-state index in [2.05, 4.69) is 27.3 Å². The van der Waals surface area contributed by atoms with Crippen LogP contribution >= 0.6 is 0 Å². The molecule has 156 valence electrons. The van der Waals surface area contributed by atoms with Crippen molar-refractivity contribution in [3.05, 3.63) is 77.2 Å². The monoisotopic (exact) mass is 405 g/mol. The lowest BCUT2D eigenvalue weighted by atomic mass is 10.1. The summed E-state index contributed by atoms with van der Waals surface area (Å²) in [4.78, 5) is 19.3. The number of oxazole rings is 1. The molecule has 4 rings (SSSR count). The van der Waals surface area contributed by atoms with Gasteiger partial charge in [-0.1, -0.05) is 42.5 Å². The number of hydrogen-bond donors (Lipinski definition) is 2. The van der Waals surface area contributed by atoms with Gasteiger partial charge in [0.15, 0.2) is 5.69 Å². The largest absolute Gasteiger partial charge is 0.441 e. The zero-order valence-corrected chi connectivity index (χ0v) is 17.2. The van der Waals surface area contributed by atoms with E-state index in [0.717, 1.165) is 43.6 Å². The molecular formula is C24H27N3O3. The molecule has 1 aliphatic heterocycles. The van der Waals surface area contributed by atoms with Gasteiger partial charge >= 0.3 is 0 Å². The van der Waals surface area contributed by atoms with E-state index in [-0.39, 0.29) is 12.0 Å². The number of likely N-dealkylation sites (tertiary alicyclic amines) is 1. The summed E-state index contributed by atoms with van der Waals surface area (Å²) in [6, 6.07) is 17.8. The van der Waals surface area contributed by atoms with Crippen molar-refractivity contribution >= 4 is 5.91 Å². The summed E-state index contributed by atoms with van der Waals surface area (Å²) in [5.41, 5.74) is 3.43. The van der Waals surface area contributed by atoms with E-state index in [9.17, 15) is 9.90 Å². The van der Waals surface area contributed by atoms with Gasteiger partial charge in [-0.05, 0) is 43.0 Å². The molecule has 2 N–H and O–H groups in total. The molecule has 2 heterocycles. The molecule has 1 aromatic heterocycles. The Morgan fingerprint density at radius 3 is 2.47 bits per heavy atom. The summed E-state index contributed by atoms with van der Waals surface area (Å²) in [5.74, 6) is 0.718. The molecule has 6 nitrogen and oxygen atoms in total. The molecule has 0 saturated carbocycles. The van der Waals surface area contributed by atoms with Gasteiger partial charge in [0.2, 0.25) is 5.89 Å². The van der Waals surface area contributed by atoms with Crippen LogP contribution in [0.3, 0.4) is 0 Å². The smallest absolute Gasteiger partial charge is 0.273 e. The number of hydrogen-bond acceptors (Lipinski definition) is 5. The van der Waals surface area contributed by atoms with E-state index in [0.29, 0.717) is 23.9 Å². The number of nitrogens with one attached hydrogen (secondary N) is 1. The van der Waals surface area contributed by atoms with Crippen LogP contribution in [-0.2, 0) is 13.1 Å². The van der Waals surface area contributed by atoms with Crippen LogP contribution in [0.1, 0.15) is 40.2 Å². The van der Waals surface area contributed by atoms with Gasteiger partial charge in [-0.3, -0.25) is 9.69 Å². The standard InChI is InChI=1S/C24H27N3O3/c1-17-22(26-24(30-17)20-5-3-2-4-6-20)23(29)25-15-18-7-9-19(10-8-18)16-27-13-11-21(28)12-14-27/h2-10,21,28H,11-16H2,1H3,(H,25,29). The maximum atomic E-state index is 12.6. The predicted octanol–water partition coefficient (Wildman–Crippen LogP) is 3.54. The van der Waals surface area contributed by atoms with Crippen LogP contribution in [-0.4, -0.2) is 40.1 Å². The first kappa shape index (κ1) is 20.3. The van der Waals surface area contributed by atoms with Crippen LogP contribution in [0.4, 0.5) is 0 Å². The summed E-state index contributed by atoms with van der Waals surface area (Å²) in [7, 11) is 0. The number of aliphatic hydroxyl groups is 1. The zero-order chi connectivity index (χ0) is 20.9. The Kier molecular flexibility index (Phi) is 6.26. The van der Waals surface area contributed by atoms with Crippen LogP contribution < -0.4 is 5.32 Å². The number of nitrogens with zero attached hydrogens (tertiary/aromatic N) is 2. The Morgan fingerprint density at radius 2 is 1.77 bits per heavy atom. The summed E-state index contributed by atoms with van der Waals surface area (Å²) < 4.78 is 5.68. The fourth-order valence-electron chi connectivity index (χ4n) is 3.68. The molecule has 6 heteroatoms. The predicted molar refractivity (Wildman–Crippen MR) is 115 cm³/mol. The number of aromatic nitrogens is 1. The highest BCUT2D eigenvalue weighted by molar-refractivity contribution is 5.93. The number of amides is 1. The highest BCUT2D eigenvalue weighted by Gasteiger charge is 2.18. The molecule has 1 aliphatic rings. The number of aliphatic hydroxyl groups excluding tert-OH is 1. The second kappa shape index (κ2) is 9.24. The molecule has 0 bridgehead atoms. The topological polar surface area (TPSA) is 78.6 Å². The van der Waals surface area contributed by atoms with Crippen molar-refractivity contribution in [2.75, 3.05) is 13.1 Å². The molecule has 0 aliphatic carbocycles. The van der Waals surface area contributed by atoms with Gasteiger partial charge in [-0.15, -0.1) is 0 Å². The molecule has 1 amide bonds. The molecule has 0 atom stereocenters. The number of aryl methyl sites for hydroxylation is 1. The molecule has 2 aromatic carbocycles. The van der Waals surface area contributed by atoms with Gasteiger partial charge in [-0.25, -0.2) is 4.98 Å². The first-order valence-corrected chi connectivity index (χ1v) is 10.4. The second-order valence-electron chi connectivity index (χ2n) is 7.80. The lowest BCUT2D eigenvalue weighted by Gasteiger charge is -2.29. The van der Waals surface area contributed by atoms with Crippen molar-refractivity contribution in [1.29, 1.82) is 0 Å². The Labute approximate surface area is 176 Å². The molecular weight excluding hydrogens is 378 g/mol. The summed E-state index contributed by atoms with van der Waals surface area (Å²) in [6.07, 6.45) is 1.54. The lowest BCUT2D eigenvalue weighted by molar-refractivity contribution is 0.0792. The third-order valence-corrected chi connectivity index (χ3v) is 5.47. The fraction of sp³-hybridized carbons (Fsp3) is 0.333. The molecule has 0 radical (unpaired) electrons. The molecule has 0 spiro atoms. The number of rotatable bonds is 6. The third-order valence-electron chi connectivity index (χ3n) is 5.47. The van der Waals surface area contributed by atoms with Crippen molar-refractivity contribution in [3.8, 4) is 11.5 Å². The van der Waals surface area contributed by atoms with Crippen molar-refractivity contribution in [1.82, 2.24) is 15.2 Å². The third kappa shape index (κ3) is 4.96. The van der Waals surface area contributed by atoms with Crippen LogP contribution in [0.25, 0.3) is 11.5 Å². The summed E-state index contributed by atoms with van der Waals surface area (Å²) in [5, 5.41) is 12.5. The number of carbonyl (C=O) groups excluding carboxylic acids is 1. The van der Waals surface area contributed by atoms with E-state index < -0.39 is 0 Å². The highest BCUT2D eigenvalue weighted by Crippen LogP contribution is 2.21. The van der Waals surface area contributed by atoms with Crippen LogP contribution in [0.2, 0.25) is 0 Å². The van der Waals surface area contributed by atoms with Crippen molar-refractivity contribution in [3.63, 3.8) is 0 Å². The molecule has 0 unspecified atom stereocenters. The van der Waals surface area contributed by atoms with Crippen LogP contribution in [0, 0.1) is 6.92 Å². The van der Waals surface area contributed by atoms with E-state index in [1.54, 1.807) is 6.92 Å². The Morgan fingerprint density at radius 1 is 1.10 bits per heavy atom. The van der Waals surface area contributed by atoms with Crippen LogP contribution in [0.15, 0.2) is 59.0 Å². The first-order chi connectivity index (χ1) is 14.6. The van der Waals surface area contributed by atoms with E-state index in [1.807, 2.05) is 42.5 Å². The van der Waals surface area contributed by atoms with Gasteiger partial charge in [0.25, 0.3) is 5.91 Å². The second-order valence-corrected chi connectivity index (χ2v) is 7.80. The maximum Gasteiger partial charge on any atom is 0.273 e. The van der Waals surface area contributed by atoms with Gasteiger partial charge in [0.1, 0.15) is 5.76 Å². The minimum Gasteiger partial charge on any atom is -0.441 e. The average molecular weight is 405 g/mol. The minimum absolute atomic E-state index is 0.149. The SMILES string of the molecule is Cc1oc(-c2ccccc2)nc1C(=O)NCc1ccc(CN2CCC(O)CC2)cc1. The van der Waals surface area contributed by atoms with Crippen molar-refractivity contribution < 1.29 is 14.3 Å². The Balaban J connectivity index is 1.32. The molecule has 3 aromatic rings. The fourth-order valence-corrected chi connectivity index (χ4v) is 3.68. The van der Waals surface area contributed by atoms with Gasteiger partial charge < -0.3 is 14.8 Å². The minimum atomic E-state index is -0.241. The summed E-state index contributed by atoms with van der Waals surface area (Å²) in [6.45, 7) is 4.94. The number of benzene rings is 2. The zero-order valence-electron chi connectivity index (χ0n) is 17.2. The van der Waals surface area contributed by atoms with Gasteiger partial charge in [-0.2, -0.15) is 0 Å². The molecule has 1 saturated heterocycles. The average Bonchev–Trinajstić information content (AvgIpc) is 3.17. The number of piperidine rings is 1. The quantitative estimate of drug-likeness (QED) is 0.656. The van der Waals surface area contributed by atoms with E-state index in [4.69, 9.17) is 4.42 Å². The van der Waals surface area contributed by atoms with Gasteiger partial charge in [0.05, 0.1) is 6.10 Å². The van der Waals surface area contributed by atoms with Crippen LogP contribution in [0.5, 0.6) is 0 Å².